The molecule has 0 unspecified atom stereocenters. The van der Waals surface area contributed by atoms with Crippen LogP contribution in [0, 0.1) is 10.1 Å². The molecular formula is C21H18N6O4S. The number of hydrogen-bond acceptors (Lipinski definition) is 9. The van der Waals surface area contributed by atoms with Crippen molar-refractivity contribution in [1.29, 1.82) is 0 Å². The van der Waals surface area contributed by atoms with Crippen molar-refractivity contribution in [2.45, 2.75) is 19.9 Å². The number of nitrogens with zero attached hydrogens (tertiary/aromatic N) is 6. The number of hydrazone groups is 1. The number of thiazole rings is 1. The third-order valence-electron chi connectivity index (χ3n) is 4.57. The molecule has 0 saturated carbocycles. The van der Waals surface area contributed by atoms with E-state index in [4.69, 9.17) is 4.74 Å². The molecule has 0 N–H and O–H groups in total. The standard InChI is InChI=1S/C21H18N6O4S/c1-3-31-18-10-5-4-9-16(18)23-24-19-13(2)25-26(20(19)28)21-22-17(12-32-21)14-7-6-8-15(11-14)27(29)30/h4-12,19H,3H2,1-2H3/t19-/m1/s1. The van der Waals surface area contributed by atoms with Crippen molar-refractivity contribution in [2.75, 3.05) is 11.6 Å². The molecule has 1 atom stereocenters. The van der Waals surface area contributed by atoms with Gasteiger partial charge in [-0.15, -0.1) is 11.3 Å². The van der Waals surface area contributed by atoms with Crippen LogP contribution in [0.2, 0.25) is 0 Å². The second-order valence-corrected chi connectivity index (χ2v) is 7.57. The predicted molar refractivity (Wildman–Crippen MR) is 121 cm³/mol. The molecule has 0 bridgehead atoms. The van der Waals surface area contributed by atoms with Gasteiger partial charge in [-0.25, -0.2) is 4.98 Å². The summed E-state index contributed by atoms with van der Waals surface area (Å²) in [4.78, 5) is 27.9. The summed E-state index contributed by atoms with van der Waals surface area (Å²) in [7, 11) is 0. The Morgan fingerprint density at radius 1 is 1.25 bits per heavy atom. The zero-order chi connectivity index (χ0) is 22.7. The van der Waals surface area contributed by atoms with Gasteiger partial charge in [-0.3, -0.25) is 14.9 Å². The summed E-state index contributed by atoms with van der Waals surface area (Å²) in [5, 5.41) is 27.0. The van der Waals surface area contributed by atoms with Crippen molar-refractivity contribution in [3.63, 3.8) is 0 Å². The fraction of sp³-hybridized carbons (Fsp3) is 0.190. The van der Waals surface area contributed by atoms with Gasteiger partial charge in [0.15, 0.2) is 6.04 Å². The van der Waals surface area contributed by atoms with Crippen LogP contribution < -0.4 is 9.75 Å². The smallest absolute Gasteiger partial charge is 0.282 e. The maximum atomic E-state index is 12.9. The molecule has 1 aromatic heterocycles. The Balaban J connectivity index is 1.55. The molecular weight excluding hydrogens is 432 g/mol. The summed E-state index contributed by atoms with van der Waals surface area (Å²) in [6, 6.07) is 12.5. The van der Waals surface area contributed by atoms with E-state index in [1.807, 2.05) is 19.1 Å². The molecule has 0 aliphatic carbocycles. The summed E-state index contributed by atoms with van der Waals surface area (Å²) in [5.74, 6) is 0.206. The Bertz CT molecular complexity index is 1240. The number of para-hydroxylation sites is 1. The van der Waals surface area contributed by atoms with Crippen molar-refractivity contribution >= 4 is 39.5 Å². The number of carbonyl (C=O) groups excluding carboxylic acids is 1. The van der Waals surface area contributed by atoms with Gasteiger partial charge in [-0.05, 0) is 26.0 Å². The Labute approximate surface area is 187 Å². The van der Waals surface area contributed by atoms with E-state index in [0.717, 1.165) is 0 Å². The molecule has 1 amide bonds. The van der Waals surface area contributed by atoms with E-state index in [-0.39, 0.29) is 11.6 Å². The van der Waals surface area contributed by atoms with E-state index in [2.05, 4.69) is 20.3 Å². The highest BCUT2D eigenvalue weighted by molar-refractivity contribution is 7.14. The summed E-state index contributed by atoms with van der Waals surface area (Å²) in [6.07, 6.45) is 0. The van der Waals surface area contributed by atoms with Crippen LogP contribution in [0.1, 0.15) is 13.8 Å². The van der Waals surface area contributed by atoms with Gasteiger partial charge in [0.05, 0.1) is 22.9 Å². The number of amides is 1. The third kappa shape index (κ3) is 4.23. The molecule has 162 valence electrons. The fourth-order valence-corrected chi connectivity index (χ4v) is 3.82. The molecule has 0 spiro atoms. The van der Waals surface area contributed by atoms with Gasteiger partial charge in [-0.2, -0.15) is 20.3 Å². The first-order valence-corrected chi connectivity index (χ1v) is 10.6. The molecule has 1 aliphatic heterocycles. The quantitative estimate of drug-likeness (QED) is 0.285. The van der Waals surface area contributed by atoms with Gasteiger partial charge >= 0.3 is 0 Å². The number of benzene rings is 2. The molecule has 0 fully saturated rings. The van der Waals surface area contributed by atoms with Crippen LogP contribution in [0.5, 0.6) is 5.75 Å². The van der Waals surface area contributed by atoms with Gasteiger partial charge < -0.3 is 4.74 Å². The number of rotatable bonds is 7. The summed E-state index contributed by atoms with van der Waals surface area (Å²) < 4.78 is 5.53. The molecule has 2 heterocycles. The zero-order valence-electron chi connectivity index (χ0n) is 17.2. The van der Waals surface area contributed by atoms with Crippen molar-refractivity contribution in [3.05, 3.63) is 64.0 Å². The first-order chi connectivity index (χ1) is 15.5. The van der Waals surface area contributed by atoms with Gasteiger partial charge in [0.25, 0.3) is 11.6 Å². The van der Waals surface area contributed by atoms with Crippen molar-refractivity contribution < 1.29 is 14.5 Å². The number of non-ortho nitro benzene ring substituents is 1. The third-order valence-corrected chi connectivity index (χ3v) is 5.38. The molecule has 0 saturated heterocycles. The summed E-state index contributed by atoms with van der Waals surface area (Å²) in [6.45, 7) is 4.06. The SMILES string of the molecule is CCOc1ccccc1N=N[C@H]1C(=O)N(c2nc(-c3cccc([N+](=O)[O-])c3)cs2)N=C1C. The second kappa shape index (κ2) is 9.02. The second-order valence-electron chi connectivity index (χ2n) is 6.73. The minimum atomic E-state index is -0.866. The molecule has 2 aromatic carbocycles. The first kappa shape index (κ1) is 21.2. The van der Waals surface area contributed by atoms with E-state index in [0.29, 0.717) is 40.1 Å². The van der Waals surface area contributed by atoms with Crippen molar-refractivity contribution in [2.24, 2.45) is 15.3 Å². The maximum absolute atomic E-state index is 12.9. The molecule has 11 heteroatoms. The Morgan fingerprint density at radius 3 is 2.84 bits per heavy atom. The predicted octanol–water partition coefficient (Wildman–Crippen LogP) is 4.99. The lowest BCUT2D eigenvalue weighted by molar-refractivity contribution is -0.384. The van der Waals surface area contributed by atoms with Crippen LogP contribution in [0.25, 0.3) is 11.3 Å². The summed E-state index contributed by atoms with van der Waals surface area (Å²) >= 11 is 1.21. The zero-order valence-corrected chi connectivity index (χ0v) is 18.0. The van der Waals surface area contributed by atoms with Crippen molar-refractivity contribution in [1.82, 2.24) is 4.98 Å². The monoisotopic (exact) mass is 450 g/mol. The number of ether oxygens (including phenoxy) is 1. The number of aromatic nitrogens is 1. The number of azo groups is 1. The molecule has 3 aromatic rings. The first-order valence-electron chi connectivity index (χ1n) is 9.70. The number of nitro benzene ring substituents is 1. The van der Waals surface area contributed by atoms with Gasteiger partial charge in [0, 0.05) is 23.1 Å². The molecule has 4 rings (SSSR count). The summed E-state index contributed by atoms with van der Waals surface area (Å²) in [5.41, 5.74) is 2.08. The lowest BCUT2D eigenvalue weighted by Gasteiger charge is -2.08. The topological polar surface area (TPSA) is 123 Å². The van der Waals surface area contributed by atoms with Crippen LogP contribution in [-0.4, -0.2) is 34.2 Å². The lowest BCUT2D eigenvalue weighted by Crippen LogP contribution is -2.29. The number of anilines is 1. The van der Waals surface area contributed by atoms with Crippen LogP contribution in [0.4, 0.5) is 16.5 Å². The molecule has 32 heavy (non-hydrogen) atoms. The maximum Gasteiger partial charge on any atom is 0.282 e. The highest BCUT2D eigenvalue weighted by Crippen LogP contribution is 2.32. The van der Waals surface area contributed by atoms with Gasteiger partial charge in [0.2, 0.25) is 5.13 Å². The normalized spacial score (nSPS) is 15.9. The van der Waals surface area contributed by atoms with Crippen LogP contribution in [0.3, 0.4) is 0 Å². The molecule has 0 radical (unpaired) electrons. The molecule has 10 nitrogen and oxygen atoms in total. The number of nitro groups is 1. The Kier molecular flexibility index (Phi) is 5.99. The largest absolute Gasteiger partial charge is 0.492 e. The van der Waals surface area contributed by atoms with Crippen LogP contribution in [-0.2, 0) is 4.79 Å². The highest BCUT2D eigenvalue weighted by atomic mass is 32.1. The van der Waals surface area contributed by atoms with E-state index >= 15 is 0 Å². The lowest BCUT2D eigenvalue weighted by atomic mass is 10.1. The number of hydrogen-bond donors (Lipinski definition) is 0. The van der Waals surface area contributed by atoms with E-state index in [9.17, 15) is 14.9 Å². The van der Waals surface area contributed by atoms with Gasteiger partial charge in [-0.1, -0.05) is 24.3 Å². The van der Waals surface area contributed by atoms with E-state index in [1.165, 1.54) is 28.5 Å². The average molecular weight is 450 g/mol. The van der Waals surface area contributed by atoms with Crippen LogP contribution >= 0.6 is 11.3 Å². The van der Waals surface area contributed by atoms with Gasteiger partial charge in [0.1, 0.15) is 11.4 Å². The Hall–Kier alpha value is -3.99. The fourth-order valence-electron chi connectivity index (χ4n) is 3.04. The number of carbonyl (C=O) groups is 1. The highest BCUT2D eigenvalue weighted by Gasteiger charge is 2.36. The molecule has 1 aliphatic rings. The van der Waals surface area contributed by atoms with Crippen molar-refractivity contribution in [3.8, 4) is 17.0 Å². The average Bonchev–Trinajstić information content (AvgIpc) is 3.38. The minimum Gasteiger partial charge on any atom is -0.492 e. The van der Waals surface area contributed by atoms with E-state index < -0.39 is 11.0 Å². The minimum absolute atomic E-state index is 0.0315. The van der Waals surface area contributed by atoms with Crippen LogP contribution in [0.15, 0.2) is 69.2 Å². The Morgan fingerprint density at radius 2 is 2.06 bits per heavy atom. The van der Waals surface area contributed by atoms with E-state index in [1.54, 1.807) is 36.6 Å².